The van der Waals surface area contributed by atoms with E-state index < -0.39 is 21.0 Å². The van der Waals surface area contributed by atoms with Gasteiger partial charge in [-0.25, -0.2) is 13.9 Å². The third-order valence-electron chi connectivity index (χ3n) is 3.67. The number of hydrogen-bond donors (Lipinski definition) is 2. The molecular weight excluding hydrogens is 330 g/mol. The molecule has 0 fully saturated rings. The van der Waals surface area contributed by atoms with Crippen molar-refractivity contribution in [2.24, 2.45) is 0 Å². The van der Waals surface area contributed by atoms with Crippen LogP contribution in [0, 0.1) is 0 Å². The molecule has 128 valence electrons. The van der Waals surface area contributed by atoms with Gasteiger partial charge in [0, 0.05) is 6.42 Å². The van der Waals surface area contributed by atoms with E-state index in [9.17, 15) is 13.2 Å². The van der Waals surface area contributed by atoms with Gasteiger partial charge >= 0.3 is 0 Å². The van der Waals surface area contributed by atoms with Crippen LogP contribution in [0.25, 0.3) is 0 Å². The Bertz CT molecular complexity index is 772. The second kappa shape index (κ2) is 7.94. The van der Waals surface area contributed by atoms with Crippen molar-refractivity contribution in [3.63, 3.8) is 0 Å². The Morgan fingerprint density at radius 2 is 1.75 bits per heavy atom. The maximum absolute atomic E-state index is 12.9. The summed E-state index contributed by atoms with van der Waals surface area (Å²) in [5, 5.41) is 7.76. The zero-order valence-electron chi connectivity index (χ0n) is 13.2. The lowest BCUT2D eigenvalue weighted by molar-refractivity contribution is -0.129. The number of amides is 1. The van der Waals surface area contributed by atoms with E-state index >= 15 is 0 Å². The maximum atomic E-state index is 12.9. The first-order valence-electron chi connectivity index (χ1n) is 7.32. The molecule has 6 nitrogen and oxygen atoms in total. The molecule has 7 heteroatoms. The van der Waals surface area contributed by atoms with Gasteiger partial charge in [-0.15, -0.1) is 0 Å². The van der Waals surface area contributed by atoms with Crippen molar-refractivity contribution >= 4 is 15.7 Å². The van der Waals surface area contributed by atoms with E-state index in [1.807, 2.05) is 6.07 Å². The van der Waals surface area contributed by atoms with Gasteiger partial charge in [-0.05, 0) is 36.2 Å². The molecule has 2 N–H and O–H groups in total. The van der Waals surface area contributed by atoms with Crippen LogP contribution < -0.4 is 10.2 Å². The van der Waals surface area contributed by atoms with E-state index in [4.69, 9.17) is 9.94 Å². The van der Waals surface area contributed by atoms with Crippen LogP contribution in [-0.2, 0) is 21.1 Å². The largest absolute Gasteiger partial charge is 0.497 e. The molecule has 0 spiro atoms. The predicted octanol–water partition coefficient (Wildman–Crippen LogP) is 1.98. The highest BCUT2D eigenvalue weighted by atomic mass is 32.2. The molecule has 2 rings (SSSR count). The van der Waals surface area contributed by atoms with E-state index in [0.717, 1.165) is 5.56 Å². The zero-order valence-corrected chi connectivity index (χ0v) is 14.0. The summed E-state index contributed by atoms with van der Waals surface area (Å²) in [7, 11) is -2.26. The summed E-state index contributed by atoms with van der Waals surface area (Å²) in [4.78, 5) is 11.7. The molecule has 0 bridgehead atoms. The molecule has 0 radical (unpaired) electrons. The van der Waals surface area contributed by atoms with Gasteiger partial charge in [0.15, 0.2) is 9.84 Å². The summed E-state index contributed by atoms with van der Waals surface area (Å²) in [6, 6.07) is 15.0. The molecule has 2 aromatic rings. The minimum absolute atomic E-state index is 0.106. The van der Waals surface area contributed by atoms with E-state index in [1.165, 1.54) is 24.7 Å². The monoisotopic (exact) mass is 349 g/mol. The summed E-state index contributed by atoms with van der Waals surface area (Å²) in [5.41, 5.74) is 2.30. The van der Waals surface area contributed by atoms with Gasteiger partial charge in [-0.3, -0.25) is 10.0 Å². The normalized spacial score (nSPS) is 12.4. The van der Waals surface area contributed by atoms with Crippen LogP contribution in [0.4, 0.5) is 0 Å². The number of ether oxygens (including phenoxy) is 1. The van der Waals surface area contributed by atoms with Crippen LogP contribution in [0.15, 0.2) is 59.5 Å². The van der Waals surface area contributed by atoms with Gasteiger partial charge in [0.2, 0.25) is 5.91 Å². The van der Waals surface area contributed by atoms with Crippen molar-refractivity contribution in [2.75, 3.05) is 7.11 Å². The average Bonchev–Trinajstić information content (AvgIpc) is 2.62. The Balaban J connectivity index is 2.34. The first kappa shape index (κ1) is 18.0. The van der Waals surface area contributed by atoms with Gasteiger partial charge in [0.05, 0.1) is 17.3 Å². The zero-order chi connectivity index (χ0) is 17.6. The standard InChI is InChI=1S/C17H19NO5S/c1-23-14-7-9-15(10-8-14)24(21,22)16(12-17(19)18-20)11-13-5-3-2-4-6-13/h2-10,16,20H,11-12H2,1H3,(H,18,19)/t16-/m1/s1. The molecule has 1 amide bonds. The Labute approximate surface area is 141 Å². The van der Waals surface area contributed by atoms with Crippen molar-refractivity contribution in [1.29, 1.82) is 0 Å². The number of hydrogen-bond acceptors (Lipinski definition) is 5. The molecule has 0 aliphatic carbocycles. The molecule has 0 aromatic heterocycles. The van der Waals surface area contributed by atoms with E-state index in [1.54, 1.807) is 36.4 Å². The van der Waals surface area contributed by atoms with Crippen LogP contribution in [0.2, 0.25) is 0 Å². The van der Waals surface area contributed by atoms with Gasteiger partial charge in [-0.2, -0.15) is 0 Å². The van der Waals surface area contributed by atoms with Gasteiger partial charge in [0.25, 0.3) is 0 Å². The van der Waals surface area contributed by atoms with Crippen molar-refractivity contribution in [2.45, 2.75) is 23.0 Å². The topological polar surface area (TPSA) is 92.7 Å². The Hall–Kier alpha value is -2.38. The van der Waals surface area contributed by atoms with E-state index in [2.05, 4.69) is 0 Å². The van der Waals surface area contributed by atoms with E-state index in [-0.39, 0.29) is 17.7 Å². The molecule has 0 unspecified atom stereocenters. The molecule has 0 aliphatic rings. The minimum Gasteiger partial charge on any atom is -0.497 e. The smallest absolute Gasteiger partial charge is 0.244 e. The quantitative estimate of drug-likeness (QED) is 0.589. The highest BCUT2D eigenvalue weighted by Crippen LogP contribution is 2.24. The minimum atomic E-state index is -3.76. The number of methoxy groups -OCH3 is 1. The molecule has 0 saturated carbocycles. The van der Waals surface area contributed by atoms with Crippen molar-refractivity contribution in [3.8, 4) is 5.75 Å². The summed E-state index contributed by atoms with van der Waals surface area (Å²) < 4.78 is 30.8. The first-order chi connectivity index (χ1) is 11.5. The van der Waals surface area contributed by atoms with Crippen molar-refractivity contribution in [3.05, 3.63) is 60.2 Å². The lowest BCUT2D eigenvalue weighted by Crippen LogP contribution is -2.31. The third-order valence-corrected chi connectivity index (χ3v) is 5.81. The Morgan fingerprint density at radius 1 is 1.12 bits per heavy atom. The van der Waals surface area contributed by atoms with E-state index in [0.29, 0.717) is 5.75 Å². The third kappa shape index (κ3) is 4.33. The molecule has 0 aliphatic heterocycles. The van der Waals surface area contributed by atoms with Gasteiger partial charge in [-0.1, -0.05) is 30.3 Å². The van der Waals surface area contributed by atoms with Crippen molar-refractivity contribution in [1.82, 2.24) is 5.48 Å². The van der Waals surface area contributed by atoms with Crippen LogP contribution >= 0.6 is 0 Å². The fourth-order valence-electron chi connectivity index (χ4n) is 2.38. The summed E-state index contributed by atoms with van der Waals surface area (Å²) in [6.07, 6.45) is -0.164. The van der Waals surface area contributed by atoms with Gasteiger partial charge in [0.1, 0.15) is 5.75 Å². The van der Waals surface area contributed by atoms with Gasteiger partial charge < -0.3 is 4.74 Å². The summed E-state index contributed by atoms with van der Waals surface area (Å²) >= 11 is 0. The van der Waals surface area contributed by atoms with Crippen LogP contribution in [0.1, 0.15) is 12.0 Å². The molecular formula is C17H19NO5S. The Morgan fingerprint density at radius 3 is 2.29 bits per heavy atom. The molecule has 0 saturated heterocycles. The Kier molecular flexibility index (Phi) is 5.94. The molecule has 1 atom stereocenters. The average molecular weight is 349 g/mol. The lowest BCUT2D eigenvalue weighted by atomic mass is 10.1. The van der Waals surface area contributed by atoms with Crippen molar-refractivity contribution < 1.29 is 23.2 Å². The number of benzene rings is 2. The number of carbonyl (C=O) groups excluding carboxylic acids is 1. The molecule has 2 aromatic carbocycles. The fourth-order valence-corrected chi connectivity index (χ4v) is 4.06. The predicted molar refractivity (Wildman–Crippen MR) is 88.7 cm³/mol. The number of sulfone groups is 1. The second-order valence-corrected chi connectivity index (χ2v) is 7.50. The number of rotatable bonds is 7. The number of hydroxylamine groups is 1. The van der Waals surface area contributed by atoms with Crippen LogP contribution in [0.5, 0.6) is 5.75 Å². The summed E-state index contributed by atoms with van der Waals surface area (Å²) in [5.74, 6) is -0.199. The number of nitrogens with one attached hydrogen (secondary N) is 1. The molecule has 24 heavy (non-hydrogen) atoms. The SMILES string of the molecule is COc1ccc(S(=O)(=O)[C@@H](CC(=O)NO)Cc2ccccc2)cc1. The van der Waals surface area contributed by atoms with Crippen LogP contribution in [0.3, 0.4) is 0 Å². The second-order valence-electron chi connectivity index (χ2n) is 5.27. The fraction of sp³-hybridized carbons (Fsp3) is 0.235. The first-order valence-corrected chi connectivity index (χ1v) is 8.87. The number of carbonyl (C=O) groups is 1. The molecule has 0 heterocycles. The van der Waals surface area contributed by atoms with Crippen LogP contribution in [-0.4, -0.2) is 31.9 Å². The summed E-state index contributed by atoms with van der Waals surface area (Å²) in [6.45, 7) is 0. The highest BCUT2D eigenvalue weighted by Gasteiger charge is 2.30. The highest BCUT2D eigenvalue weighted by molar-refractivity contribution is 7.92. The lowest BCUT2D eigenvalue weighted by Gasteiger charge is -2.17. The maximum Gasteiger partial charge on any atom is 0.244 e.